The van der Waals surface area contributed by atoms with E-state index in [1.807, 2.05) is 30.0 Å². The van der Waals surface area contributed by atoms with Crippen LogP contribution in [-0.2, 0) is 4.74 Å². The molecule has 0 bridgehead atoms. The van der Waals surface area contributed by atoms with Crippen molar-refractivity contribution in [3.05, 3.63) is 50.4 Å². The van der Waals surface area contributed by atoms with Crippen LogP contribution >= 0.6 is 31.9 Å². The van der Waals surface area contributed by atoms with E-state index in [1.165, 1.54) is 12.3 Å². The monoisotopic (exact) mass is 577 g/mol. The molecule has 1 aromatic heterocycles. The fourth-order valence-corrected chi connectivity index (χ4v) is 4.00. The van der Waals surface area contributed by atoms with E-state index in [1.54, 1.807) is 6.07 Å². The summed E-state index contributed by atoms with van der Waals surface area (Å²) < 4.78 is 6.75. The van der Waals surface area contributed by atoms with Crippen LogP contribution in [0.25, 0.3) is 0 Å². The average molecular weight is 579 g/mol. The van der Waals surface area contributed by atoms with Crippen molar-refractivity contribution in [1.82, 2.24) is 15.0 Å². The van der Waals surface area contributed by atoms with Crippen molar-refractivity contribution >= 4 is 61.6 Å². The molecule has 33 heavy (non-hydrogen) atoms. The van der Waals surface area contributed by atoms with Gasteiger partial charge in [0.25, 0.3) is 0 Å². The maximum Gasteiger partial charge on any atom is 0.250 e. The number of hydrazone groups is 1. The molecule has 4 N–H and O–H groups in total. The molecule has 1 aliphatic heterocycles. The van der Waals surface area contributed by atoms with Crippen LogP contribution in [0.1, 0.15) is 11.1 Å². The van der Waals surface area contributed by atoms with Crippen LogP contribution < -0.4 is 15.6 Å². The Morgan fingerprint density at radius 2 is 1.76 bits per heavy atom. The summed E-state index contributed by atoms with van der Waals surface area (Å²) in [6.45, 7) is 4.52. The van der Waals surface area contributed by atoms with Gasteiger partial charge in [-0.2, -0.15) is 20.1 Å². The van der Waals surface area contributed by atoms with Gasteiger partial charge in [0.2, 0.25) is 17.8 Å². The van der Waals surface area contributed by atoms with E-state index in [9.17, 15) is 10.2 Å². The molecule has 4 rings (SSSR count). The third-order valence-corrected chi connectivity index (χ3v) is 6.04. The maximum absolute atomic E-state index is 10.0. The molecule has 12 heteroatoms. The van der Waals surface area contributed by atoms with Gasteiger partial charge >= 0.3 is 0 Å². The van der Waals surface area contributed by atoms with Gasteiger partial charge < -0.3 is 25.2 Å². The molecule has 172 valence electrons. The number of aryl methyl sites for hydroxylation is 1. The van der Waals surface area contributed by atoms with Crippen molar-refractivity contribution in [3.8, 4) is 11.5 Å². The van der Waals surface area contributed by atoms with Crippen molar-refractivity contribution in [3.63, 3.8) is 0 Å². The molecule has 0 saturated carbocycles. The van der Waals surface area contributed by atoms with Gasteiger partial charge in [-0.25, -0.2) is 5.43 Å². The van der Waals surface area contributed by atoms with Crippen LogP contribution in [-0.4, -0.2) is 57.7 Å². The minimum atomic E-state index is -0.113. The summed E-state index contributed by atoms with van der Waals surface area (Å²) in [4.78, 5) is 15.5. The van der Waals surface area contributed by atoms with Crippen LogP contribution in [0.4, 0.5) is 23.5 Å². The quantitative estimate of drug-likeness (QED) is 0.252. The SMILES string of the molecule is Cc1ccc(Nc2nc(N/N=C/c3cc(Br)c(O)cc3O)nc(N3CCOCC3)n2)c(Br)c1. The lowest BCUT2D eigenvalue weighted by Crippen LogP contribution is -2.37. The molecule has 0 amide bonds. The number of rotatable bonds is 6. The largest absolute Gasteiger partial charge is 0.507 e. The first-order valence-corrected chi connectivity index (χ1v) is 11.6. The van der Waals surface area contributed by atoms with Crippen molar-refractivity contribution in [1.29, 1.82) is 0 Å². The zero-order chi connectivity index (χ0) is 23.4. The first kappa shape index (κ1) is 23.2. The minimum Gasteiger partial charge on any atom is -0.507 e. The van der Waals surface area contributed by atoms with Gasteiger partial charge in [-0.3, -0.25) is 0 Å². The second-order valence-corrected chi connectivity index (χ2v) is 8.93. The molecule has 2 aromatic carbocycles. The third kappa shape index (κ3) is 5.89. The Balaban J connectivity index is 1.60. The molecule has 3 aromatic rings. The molecule has 1 fully saturated rings. The number of halogens is 2. The molecule has 1 saturated heterocycles. The topological polar surface area (TPSA) is 128 Å². The summed E-state index contributed by atoms with van der Waals surface area (Å²) in [6.07, 6.45) is 1.40. The predicted octanol–water partition coefficient (Wildman–Crippen LogP) is 4.14. The van der Waals surface area contributed by atoms with Crippen LogP contribution in [0.3, 0.4) is 0 Å². The number of ether oxygens (including phenoxy) is 1. The standard InChI is InChI=1S/C21H21Br2N7O3/c1-12-2-3-16(14(22)8-12)25-19-26-20(28-21(27-19)30-4-6-33-7-5-30)29-24-11-13-9-15(23)18(32)10-17(13)31/h2-3,8-11,31-32H,4-7H2,1H3,(H2,25,26,27,28,29)/b24-11+. The zero-order valence-electron chi connectivity index (χ0n) is 17.6. The van der Waals surface area contributed by atoms with Crippen LogP contribution in [0, 0.1) is 6.92 Å². The molecule has 2 heterocycles. The number of benzene rings is 2. The maximum atomic E-state index is 10.0. The van der Waals surface area contributed by atoms with E-state index < -0.39 is 0 Å². The van der Waals surface area contributed by atoms with Crippen molar-refractivity contribution in [2.45, 2.75) is 6.92 Å². The Labute approximate surface area is 207 Å². The van der Waals surface area contributed by atoms with E-state index in [4.69, 9.17) is 4.74 Å². The molecule has 0 radical (unpaired) electrons. The van der Waals surface area contributed by atoms with E-state index in [-0.39, 0.29) is 17.4 Å². The highest BCUT2D eigenvalue weighted by Crippen LogP contribution is 2.30. The molecule has 1 aliphatic rings. The number of nitrogens with zero attached hydrogens (tertiary/aromatic N) is 5. The van der Waals surface area contributed by atoms with E-state index >= 15 is 0 Å². The summed E-state index contributed by atoms with van der Waals surface area (Å²) >= 11 is 6.78. The Morgan fingerprint density at radius 3 is 2.52 bits per heavy atom. The van der Waals surface area contributed by atoms with Gasteiger partial charge in [-0.1, -0.05) is 6.07 Å². The Kier molecular flexibility index (Phi) is 7.26. The molecule has 0 spiro atoms. The van der Waals surface area contributed by atoms with Crippen LogP contribution in [0.15, 0.2) is 44.4 Å². The summed E-state index contributed by atoms with van der Waals surface area (Å²) in [5.41, 5.74) is 5.13. The Hall–Kier alpha value is -2.96. The summed E-state index contributed by atoms with van der Waals surface area (Å²) in [6, 6.07) is 8.70. The van der Waals surface area contributed by atoms with E-state index in [0.29, 0.717) is 48.2 Å². The van der Waals surface area contributed by atoms with Gasteiger partial charge in [0, 0.05) is 29.2 Å². The summed E-state index contributed by atoms with van der Waals surface area (Å²) in [5.74, 6) is 0.891. The lowest BCUT2D eigenvalue weighted by molar-refractivity contribution is 0.122. The number of morpholine rings is 1. The highest BCUT2D eigenvalue weighted by Gasteiger charge is 2.17. The lowest BCUT2D eigenvalue weighted by atomic mass is 10.2. The highest BCUT2D eigenvalue weighted by atomic mass is 79.9. The fourth-order valence-electron chi connectivity index (χ4n) is 3.05. The summed E-state index contributed by atoms with van der Waals surface area (Å²) in [5, 5.41) is 27.0. The Bertz CT molecular complexity index is 1190. The van der Waals surface area contributed by atoms with Gasteiger partial charge in [0.05, 0.1) is 29.6 Å². The van der Waals surface area contributed by atoms with E-state index in [2.05, 4.69) is 62.7 Å². The van der Waals surface area contributed by atoms with Gasteiger partial charge in [-0.15, -0.1) is 0 Å². The molecule has 0 unspecified atom stereocenters. The van der Waals surface area contributed by atoms with Gasteiger partial charge in [0.1, 0.15) is 11.5 Å². The first-order chi connectivity index (χ1) is 15.9. The number of aromatic nitrogens is 3. The second-order valence-electron chi connectivity index (χ2n) is 7.22. The number of phenols is 2. The number of hydrogen-bond donors (Lipinski definition) is 4. The van der Waals surface area contributed by atoms with Crippen molar-refractivity contribution < 1.29 is 14.9 Å². The summed E-state index contributed by atoms with van der Waals surface area (Å²) in [7, 11) is 0. The molecular formula is C21H21Br2N7O3. The van der Waals surface area contributed by atoms with Crippen molar-refractivity contribution in [2.75, 3.05) is 41.9 Å². The number of nitrogens with one attached hydrogen (secondary N) is 2. The van der Waals surface area contributed by atoms with Gasteiger partial charge in [-0.05, 0) is 62.5 Å². The van der Waals surface area contributed by atoms with Crippen LogP contribution in [0.5, 0.6) is 11.5 Å². The normalized spacial score (nSPS) is 14.0. The minimum absolute atomic E-state index is 0.0665. The third-order valence-electron chi connectivity index (χ3n) is 4.75. The molecule has 10 nitrogen and oxygen atoms in total. The Morgan fingerprint density at radius 1 is 1.00 bits per heavy atom. The second kappa shape index (κ2) is 10.3. The number of phenolic OH excluding ortho intramolecular Hbond substituents is 2. The first-order valence-electron chi connectivity index (χ1n) is 10.0. The zero-order valence-corrected chi connectivity index (χ0v) is 20.8. The number of aromatic hydroxyl groups is 2. The predicted molar refractivity (Wildman–Crippen MR) is 134 cm³/mol. The number of hydrogen-bond acceptors (Lipinski definition) is 10. The van der Waals surface area contributed by atoms with E-state index in [0.717, 1.165) is 15.7 Å². The molecule has 0 aliphatic carbocycles. The highest BCUT2D eigenvalue weighted by molar-refractivity contribution is 9.11. The van der Waals surface area contributed by atoms with Crippen molar-refractivity contribution in [2.24, 2.45) is 5.10 Å². The van der Waals surface area contributed by atoms with Crippen LogP contribution in [0.2, 0.25) is 0 Å². The lowest BCUT2D eigenvalue weighted by Gasteiger charge is -2.27. The molecule has 0 atom stereocenters. The smallest absolute Gasteiger partial charge is 0.250 e. The number of anilines is 4. The van der Waals surface area contributed by atoms with Gasteiger partial charge in [0.15, 0.2) is 0 Å². The molecular weight excluding hydrogens is 558 g/mol. The average Bonchev–Trinajstić information content (AvgIpc) is 2.79. The fraction of sp³-hybridized carbons (Fsp3) is 0.238.